The Kier molecular flexibility index (Phi) is 7.20. The van der Waals surface area contributed by atoms with Crippen LogP contribution >= 0.6 is 0 Å². The molecule has 25 heavy (non-hydrogen) atoms. The van der Waals surface area contributed by atoms with Crippen LogP contribution in [0.2, 0.25) is 0 Å². The first-order valence-electron chi connectivity index (χ1n) is 8.92. The molecule has 1 N–H and O–H groups in total. The minimum atomic E-state index is -0.795. The Bertz CT molecular complexity index is 567. The molecule has 0 aliphatic carbocycles. The Morgan fingerprint density at radius 2 is 2.16 bits per heavy atom. The van der Waals surface area contributed by atoms with Crippen LogP contribution in [-0.4, -0.2) is 66.8 Å². The molecule has 1 aliphatic heterocycles. The molecular formula is C19H29FN2O3. The topological polar surface area (TPSA) is 53.0 Å². The number of para-hydroxylation sites is 1. The number of carbonyl (C=O) groups is 1. The van der Waals surface area contributed by atoms with E-state index in [1.807, 2.05) is 0 Å². The van der Waals surface area contributed by atoms with Gasteiger partial charge in [-0.05, 0) is 44.4 Å². The van der Waals surface area contributed by atoms with E-state index < -0.39 is 5.60 Å². The van der Waals surface area contributed by atoms with Gasteiger partial charge in [-0.2, -0.15) is 0 Å². The molecule has 0 saturated carbocycles. The fourth-order valence-electron chi connectivity index (χ4n) is 3.20. The molecule has 1 aromatic carbocycles. The summed E-state index contributed by atoms with van der Waals surface area (Å²) < 4.78 is 19.0. The van der Waals surface area contributed by atoms with Gasteiger partial charge in [-0.25, -0.2) is 4.39 Å². The minimum Gasteiger partial charge on any atom is -0.490 e. The van der Waals surface area contributed by atoms with E-state index in [0.29, 0.717) is 26.0 Å². The van der Waals surface area contributed by atoms with Gasteiger partial charge in [-0.1, -0.05) is 12.1 Å². The third-order valence-electron chi connectivity index (χ3n) is 4.65. The molecule has 2 rings (SSSR count). The average Bonchev–Trinajstić information content (AvgIpc) is 2.58. The van der Waals surface area contributed by atoms with Gasteiger partial charge in [0.25, 0.3) is 0 Å². The van der Waals surface area contributed by atoms with Gasteiger partial charge in [-0.15, -0.1) is 0 Å². The van der Waals surface area contributed by atoms with Crippen LogP contribution in [0.3, 0.4) is 0 Å². The number of aliphatic hydroxyl groups is 1. The van der Waals surface area contributed by atoms with Crippen LogP contribution in [0.25, 0.3) is 0 Å². The summed E-state index contributed by atoms with van der Waals surface area (Å²) in [4.78, 5) is 15.5. The molecule has 1 aromatic rings. The van der Waals surface area contributed by atoms with Crippen LogP contribution in [0.1, 0.15) is 32.1 Å². The van der Waals surface area contributed by atoms with Gasteiger partial charge in [0, 0.05) is 33.6 Å². The zero-order valence-electron chi connectivity index (χ0n) is 15.2. The van der Waals surface area contributed by atoms with Gasteiger partial charge in [0.05, 0.1) is 12.2 Å². The summed E-state index contributed by atoms with van der Waals surface area (Å²) in [6.45, 7) is 2.74. The molecule has 1 fully saturated rings. The lowest BCUT2D eigenvalue weighted by molar-refractivity contribution is -0.130. The van der Waals surface area contributed by atoms with Crippen molar-refractivity contribution in [1.29, 1.82) is 0 Å². The van der Waals surface area contributed by atoms with Crippen LogP contribution in [0.4, 0.5) is 4.39 Å². The third-order valence-corrected chi connectivity index (χ3v) is 4.65. The van der Waals surface area contributed by atoms with Crippen molar-refractivity contribution >= 4 is 5.91 Å². The van der Waals surface area contributed by atoms with Crippen molar-refractivity contribution in [2.45, 2.75) is 37.7 Å². The third kappa shape index (κ3) is 6.29. The average molecular weight is 352 g/mol. The molecule has 1 aliphatic rings. The molecule has 6 heteroatoms. The van der Waals surface area contributed by atoms with Crippen LogP contribution in [0, 0.1) is 5.82 Å². The summed E-state index contributed by atoms with van der Waals surface area (Å²) in [5.41, 5.74) is -0.795. The van der Waals surface area contributed by atoms with Gasteiger partial charge >= 0.3 is 0 Å². The van der Waals surface area contributed by atoms with Crippen molar-refractivity contribution in [3.63, 3.8) is 0 Å². The SMILES string of the molecule is CN(C)C(=O)CC[C@]1(O)CCCN(CCCOc2ccccc2F)C1. The monoisotopic (exact) mass is 352 g/mol. The number of likely N-dealkylation sites (tertiary alicyclic amines) is 1. The number of piperidine rings is 1. The molecule has 1 heterocycles. The van der Waals surface area contributed by atoms with Crippen molar-refractivity contribution in [3.05, 3.63) is 30.1 Å². The van der Waals surface area contributed by atoms with Crippen molar-refractivity contribution < 1.29 is 19.0 Å². The fourth-order valence-corrected chi connectivity index (χ4v) is 3.20. The molecule has 1 atom stereocenters. The van der Waals surface area contributed by atoms with Gasteiger partial charge in [-0.3, -0.25) is 4.79 Å². The van der Waals surface area contributed by atoms with E-state index in [9.17, 15) is 14.3 Å². The van der Waals surface area contributed by atoms with Crippen LogP contribution in [-0.2, 0) is 4.79 Å². The lowest BCUT2D eigenvalue weighted by Gasteiger charge is -2.39. The van der Waals surface area contributed by atoms with Crippen molar-refractivity contribution in [3.8, 4) is 5.75 Å². The molecular weight excluding hydrogens is 323 g/mol. The predicted molar refractivity (Wildman–Crippen MR) is 95.1 cm³/mol. The summed E-state index contributed by atoms with van der Waals surface area (Å²) in [5.74, 6) is -0.0240. The summed E-state index contributed by atoms with van der Waals surface area (Å²) in [7, 11) is 3.46. The normalized spacial score (nSPS) is 21.1. The second-order valence-corrected chi connectivity index (χ2v) is 7.02. The zero-order chi connectivity index (χ0) is 18.3. The number of ether oxygens (including phenoxy) is 1. The van der Waals surface area contributed by atoms with E-state index in [0.717, 1.165) is 32.4 Å². The van der Waals surface area contributed by atoms with Crippen LogP contribution < -0.4 is 4.74 Å². The number of hydrogen-bond acceptors (Lipinski definition) is 4. The minimum absolute atomic E-state index is 0.0452. The second-order valence-electron chi connectivity index (χ2n) is 7.02. The highest BCUT2D eigenvalue weighted by Gasteiger charge is 2.33. The number of hydrogen-bond donors (Lipinski definition) is 1. The predicted octanol–water partition coefficient (Wildman–Crippen LogP) is 2.29. The number of β-amino-alcohol motifs (C(OH)–C–C–N with tert-alkyl or cyclic N) is 1. The van der Waals surface area contributed by atoms with E-state index >= 15 is 0 Å². The van der Waals surface area contributed by atoms with Gasteiger partial charge in [0.1, 0.15) is 0 Å². The molecule has 0 unspecified atom stereocenters. The molecule has 0 bridgehead atoms. The molecule has 1 amide bonds. The van der Waals surface area contributed by atoms with Gasteiger partial charge in [0.2, 0.25) is 5.91 Å². The standard InChI is InChI=1S/C19H29FN2O3/c1-21(2)18(23)9-11-19(24)10-5-12-22(15-19)13-6-14-25-17-8-4-3-7-16(17)20/h3-4,7-8,24H,5-6,9-15H2,1-2H3/t19-/m1/s1. The summed E-state index contributed by atoms with van der Waals surface area (Å²) in [6, 6.07) is 6.39. The van der Waals surface area contributed by atoms with E-state index in [2.05, 4.69) is 4.90 Å². The lowest BCUT2D eigenvalue weighted by atomic mass is 9.88. The first-order valence-corrected chi connectivity index (χ1v) is 8.92. The fraction of sp³-hybridized carbons (Fsp3) is 0.632. The molecule has 0 aromatic heterocycles. The van der Waals surface area contributed by atoms with Crippen LogP contribution in [0.15, 0.2) is 24.3 Å². The molecule has 5 nitrogen and oxygen atoms in total. The van der Waals surface area contributed by atoms with E-state index in [1.54, 1.807) is 37.2 Å². The van der Waals surface area contributed by atoms with Crippen molar-refractivity contribution in [2.24, 2.45) is 0 Å². The van der Waals surface area contributed by atoms with Crippen LogP contribution in [0.5, 0.6) is 5.75 Å². The number of rotatable bonds is 8. The van der Waals surface area contributed by atoms with E-state index in [4.69, 9.17) is 4.74 Å². The number of amides is 1. The summed E-state index contributed by atoms with van der Waals surface area (Å²) >= 11 is 0. The molecule has 140 valence electrons. The second kappa shape index (κ2) is 9.15. The maximum absolute atomic E-state index is 13.5. The summed E-state index contributed by atoms with van der Waals surface area (Å²) in [6.07, 6.45) is 3.28. The smallest absolute Gasteiger partial charge is 0.222 e. The molecule has 0 spiro atoms. The quantitative estimate of drug-likeness (QED) is 0.730. The zero-order valence-corrected chi connectivity index (χ0v) is 15.2. The number of carbonyl (C=O) groups excluding carboxylic acids is 1. The lowest BCUT2D eigenvalue weighted by Crippen LogP contribution is -2.49. The number of benzene rings is 1. The number of nitrogens with zero attached hydrogens (tertiary/aromatic N) is 2. The Hall–Kier alpha value is -1.66. The molecule has 1 saturated heterocycles. The highest BCUT2D eigenvalue weighted by atomic mass is 19.1. The Morgan fingerprint density at radius 3 is 2.88 bits per heavy atom. The Labute approximate surface area is 149 Å². The van der Waals surface area contributed by atoms with Gasteiger partial charge < -0.3 is 19.6 Å². The highest BCUT2D eigenvalue weighted by molar-refractivity contribution is 5.75. The maximum Gasteiger partial charge on any atom is 0.222 e. The highest BCUT2D eigenvalue weighted by Crippen LogP contribution is 2.26. The molecule has 0 radical (unpaired) electrons. The number of halogens is 1. The van der Waals surface area contributed by atoms with Crippen molar-refractivity contribution in [2.75, 3.05) is 40.3 Å². The van der Waals surface area contributed by atoms with E-state index in [-0.39, 0.29) is 17.5 Å². The van der Waals surface area contributed by atoms with Gasteiger partial charge in [0.15, 0.2) is 11.6 Å². The Morgan fingerprint density at radius 1 is 1.40 bits per heavy atom. The first kappa shape index (κ1) is 19.7. The summed E-state index contributed by atoms with van der Waals surface area (Å²) in [5, 5.41) is 10.8. The largest absolute Gasteiger partial charge is 0.490 e. The first-order chi connectivity index (χ1) is 11.9. The van der Waals surface area contributed by atoms with E-state index in [1.165, 1.54) is 6.07 Å². The Balaban J connectivity index is 1.71. The maximum atomic E-state index is 13.5. The van der Waals surface area contributed by atoms with Crippen molar-refractivity contribution in [1.82, 2.24) is 9.80 Å².